The van der Waals surface area contributed by atoms with Crippen LogP contribution in [-0.2, 0) is 14.8 Å². The fraction of sp³-hybridized carbons (Fsp3) is 0.188. The van der Waals surface area contributed by atoms with Crippen LogP contribution in [0, 0.1) is 6.92 Å². The highest BCUT2D eigenvalue weighted by Gasteiger charge is 2.33. The number of para-hydroxylation sites is 1. The van der Waals surface area contributed by atoms with Gasteiger partial charge in [-0.3, -0.25) is 9.10 Å². The number of aryl methyl sites for hydroxylation is 1. The number of halogens is 2. The number of hydrogen-bond acceptors (Lipinski definition) is 3. The molecule has 0 spiro atoms. The lowest BCUT2D eigenvalue weighted by atomic mass is 10.2. The van der Waals surface area contributed by atoms with Gasteiger partial charge in [0.1, 0.15) is 6.04 Å². The Balaban J connectivity index is 2.64. The number of sulfonamides is 1. The first kappa shape index (κ1) is 18.0. The number of anilines is 1. The highest BCUT2D eigenvalue weighted by molar-refractivity contribution is 9.10. The van der Waals surface area contributed by atoms with E-state index in [1.807, 2.05) is 0 Å². The molecule has 0 aliphatic rings. The molecule has 0 amide bonds. The molecule has 0 radical (unpaired) electrons. The second kappa shape index (κ2) is 7.03. The van der Waals surface area contributed by atoms with Gasteiger partial charge in [-0.2, -0.15) is 0 Å². The second-order valence-electron chi connectivity index (χ2n) is 5.02. The summed E-state index contributed by atoms with van der Waals surface area (Å²) in [5.74, 6) is 0. The maximum atomic E-state index is 13.0. The van der Waals surface area contributed by atoms with Crippen LogP contribution >= 0.6 is 27.5 Å². The maximum absolute atomic E-state index is 13.0. The van der Waals surface area contributed by atoms with Gasteiger partial charge in [0.05, 0.1) is 10.6 Å². The molecule has 0 aromatic heterocycles. The van der Waals surface area contributed by atoms with Crippen molar-refractivity contribution in [3.05, 3.63) is 58.6 Å². The largest absolute Gasteiger partial charge is 0.279 e. The van der Waals surface area contributed by atoms with Crippen molar-refractivity contribution in [2.75, 3.05) is 4.31 Å². The van der Waals surface area contributed by atoms with E-state index in [0.717, 1.165) is 14.3 Å². The Hall–Kier alpha value is -1.37. The van der Waals surface area contributed by atoms with E-state index in [9.17, 15) is 13.2 Å². The summed E-state index contributed by atoms with van der Waals surface area (Å²) in [4.78, 5) is 11.7. The summed E-state index contributed by atoms with van der Waals surface area (Å²) in [6.45, 7) is 3.25. The van der Waals surface area contributed by atoms with Crippen LogP contribution in [0.5, 0.6) is 0 Å². The molecule has 0 aliphatic carbocycles. The van der Waals surface area contributed by atoms with Crippen LogP contribution < -0.4 is 4.31 Å². The first-order valence-corrected chi connectivity index (χ1v) is 9.41. The summed E-state index contributed by atoms with van der Waals surface area (Å²) < 4.78 is 27.9. The molecule has 7 heteroatoms. The lowest BCUT2D eigenvalue weighted by Gasteiger charge is -2.29. The van der Waals surface area contributed by atoms with E-state index < -0.39 is 21.3 Å². The van der Waals surface area contributed by atoms with Crippen LogP contribution in [0.2, 0.25) is 0 Å². The van der Waals surface area contributed by atoms with Gasteiger partial charge in [-0.1, -0.05) is 34.1 Å². The van der Waals surface area contributed by atoms with E-state index in [-0.39, 0.29) is 4.90 Å². The van der Waals surface area contributed by atoms with Crippen molar-refractivity contribution in [3.63, 3.8) is 0 Å². The van der Waals surface area contributed by atoms with Crippen molar-refractivity contribution in [2.45, 2.75) is 24.8 Å². The number of carbonyl (C=O) groups is 1. The van der Waals surface area contributed by atoms with Gasteiger partial charge in [-0.25, -0.2) is 8.42 Å². The molecule has 0 N–H and O–H groups in total. The summed E-state index contributed by atoms with van der Waals surface area (Å²) in [5, 5.41) is -0.742. The molecular weight excluding hydrogens is 402 g/mol. The van der Waals surface area contributed by atoms with Gasteiger partial charge in [0.2, 0.25) is 5.24 Å². The number of hydrogen-bond donors (Lipinski definition) is 0. The van der Waals surface area contributed by atoms with E-state index in [1.54, 1.807) is 43.3 Å². The molecular formula is C16H15BrClNO3S. The van der Waals surface area contributed by atoms with Crippen molar-refractivity contribution in [1.82, 2.24) is 0 Å². The van der Waals surface area contributed by atoms with Gasteiger partial charge in [-0.15, -0.1) is 0 Å². The molecule has 122 valence electrons. The minimum absolute atomic E-state index is 0.0914. The molecule has 2 aromatic carbocycles. The molecule has 0 bridgehead atoms. The van der Waals surface area contributed by atoms with Gasteiger partial charge in [-0.05, 0) is 61.3 Å². The molecule has 0 saturated heterocycles. The minimum Gasteiger partial charge on any atom is -0.279 e. The van der Waals surface area contributed by atoms with Gasteiger partial charge < -0.3 is 0 Å². The maximum Gasteiger partial charge on any atom is 0.265 e. The van der Waals surface area contributed by atoms with E-state index in [1.165, 1.54) is 19.1 Å². The third-order valence-corrected chi connectivity index (χ3v) is 6.15. The van der Waals surface area contributed by atoms with Crippen LogP contribution in [0.3, 0.4) is 0 Å². The highest BCUT2D eigenvalue weighted by atomic mass is 79.9. The number of nitrogens with zero attached hydrogens (tertiary/aromatic N) is 1. The number of carbonyl (C=O) groups excluding carboxylic acids is 1. The van der Waals surface area contributed by atoms with Crippen molar-refractivity contribution >= 4 is 48.5 Å². The molecule has 0 heterocycles. The number of rotatable bonds is 5. The second-order valence-corrected chi connectivity index (χ2v) is 8.12. The Morgan fingerprint density at radius 3 is 2.22 bits per heavy atom. The zero-order chi connectivity index (χ0) is 17.2. The van der Waals surface area contributed by atoms with Crippen molar-refractivity contribution in [3.8, 4) is 0 Å². The smallest absolute Gasteiger partial charge is 0.265 e. The molecule has 0 saturated carbocycles. The van der Waals surface area contributed by atoms with Gasteiger partial charge in [0.15, 0.2) is 0 Å². The van der Waals surface area contributed by atoms with Crippen molar-refractivity contribution in [1.29, 1.82) is 0 Å². The zero-order valence-corrected chi connectivity index (χ0v) is 15.7. The molecule has 0 fully saturated rings. The number of benzene rings is 2. The standard InChI is InChI=1S/C16H15BrClNO3S/c1-11-5-3-4-6-15(11)19(12(2)16(18)20)23(21,22)14-9-7-13(17)8-10-14/h3-10,12H,1-2H3. The predicted octanol–water partition coefficient (Wildman–Crippen LogP) is 4.11. The topological polar surface area (TPSA) is 54.5 Å². The highest BCUT2D eigenvalue weighted by Crippen LogP contribution is 2.30. The van der Waals surface area contributed by atoms with E-state index >= 15 is 0 Å². The SMILES string of the molecule is Cc1ccccc1N(C(C)C(=O)Cl)S(=O)(=O)c1ccc(Br)cc1. The van der Waals surface area contributed by atoms with E-state index in [0.29, 0.717) is 5.69 Å². The average Bonchev–Trinajstić information content (AvgIpc) is 2.49. The molecule has 23 heavy (non-hydrogen) atoms. The van der Waals surface area contributed by atoms with E-state index in [2.05, 4.69) is 15.9 Å². The Morgan fingerprint density at radius 1 is 1.13 bits per heavy atom. The van der Waals surface area contributed by atoms with Gasteiger partial charge in [0, 0.05) is 4.47 Å². The predicted molar refractivity (Wildman–Crippen MR) is 95.3 cm³/mol. The van der Waals surface area contributed by atoms with Crippen LogP contribution in [-0.4, -0.2) is 19.7 Å². The molecule has 1 unspecified atom stereocenters. The summed E-state index contributed by atoms with van der Waals surface area (Å²) in [6, 6.07) is 12.2. The Kier molecular flexibility index (Phi) is 5.49. The summed E-state index contributed by atoms with van der Waals surface area (Å²) in [7, 11) is -3.93. The Morgan fingerprint density at radius 2 is 1.70 bits per heavy atom. The summed E-state index contributed by atoms with van der Waals surface area (Å²) in [6.07, 6.45) is 0. The Labute approximate surface area is 149 Å². The van der Waals surface area contributed by atoms with Crippen molar-refractivity contribution < 1.29 is 13.2 Å². The van der Waals surface area contributed by atoms with Crippen molar-refractivity contribution in [2.24, 2.45) is 0 Å². The fourth-order valence-electron chi connectivity index (χ4n) is 2.17. The quantitative estimate of drug-likeness (QED) is 0.689. The summed E-state index contributed by atoms with van der Waals surface area (Å²) >= 11 is 8.87. The third-order valence-electron chi connectivity index (χ3n) is 3.40. The zero-order valence-electron chi connectivity index (χ0n) is 12.5. The molecule has 0 aliphatic heterocycles. The van der Waals surface area contributed by atoms with Gasteiger partial charge in [0.25, 0.3) is 10.0 Å². The Bertz CT molecular complexity index is 821. The van der Waals surface area contributed by atoms with Crippen LogP contribution in [0.25, 0.3) is 0 Å². The minimum atomic E-state index is -3.93. The monoisotopic (exact) mass is 415 g/mol. The lowest BCUT2D eigenvalue weighted by molar-refractivity contribution is -0.112. The third kappa shape index (κ3) is 3.76. The lowest BCUT2D eigenvalue weighted by Crippen LogP contribution is -2.42. The molecule has 2 aromatic rings. The normalized spacial score (nSPS) is 12.7. The van der Waals surface area contributed by atoms with Gasteiger partial charge >= 0.3 is 0 Å². The first-order valence-electron chi connectivity index (χ1n) is 6.80. The van der Waals surface area contributed by atoms with Crippen LogP contribution in [0.1, 0.15) is 12.5 Å². The first-order chi connectivity index (χ1) is 10.7. The molecule has 4 nitrogen and oxygen atoms in total. The molecule has 1 atom stereocenters. The van der Waals surface area contributed by atoms with Crippen LogP contribution in [0.15, 0.2) is 57.9 Å². The average molecular weight is 417 g/mol. The summed E-state index contributed by atoms with van der Waals surface area (Å²) in [5.41, 5.74) is 1.16. The van der Waals surface area contributed by atoms with Crippen LogP contribution in [0.4, 0.5) is 5.69 Å². The van der Waals surface area contributed by atoms with E-state index in [4.69, 9.17) is 11.6 Å². The fourth-order valence-corrected chi connectivity index (χ4v) is 4.27. The molecule has 2 rings (SSSR count).